The fourth-order valence-electron chi connectivity index (χ4n) is 1.56. The molecule has 0 aliphatic carbocycles. The molecule has 6 nitrogen and oxygen atoms in total. The molecule has 0 radical (unpaired) electrons. The number of hydrogen-bond acceptors (Lipinski definition) is 4. The van der Waals surface area contributed by atoms with Crippen LogP contribution in [0.15, 0.2) is 36.7 Å². The first kappa shape index (κ1) is 12.0. The van der Waals surface area contributed by atoms with Crippen LogP contribution in [0, 0.1) is 0 Å². The van der Waals surface area contributed by atoms with Gasteiger partial charge >= 0.3 is 0 Å². The smallest absolute Gasteiger partial charge is 0.239 e. The van der Waals surface area contributed by atoms with Crippen LogP contribution in [0.1, 0.15) is 5.56 Å². The summed E-state index contributed by atoms with van der Waals surface area (Å²) < 4.78 is 1.45. The summed E-state index contributed by atoms with van der Waals surface area (Å²) in [6.45, 7) is 0.535. The van der Waals surface area contributed by atoms with Crippen LogP contribution in [0.5, 0.6) is 5.75 Å². The molecule has 4 N–H and O–H groups in total. The minimum Gasteiger partial charge on any atom is -0.508 e. The van der Waals surface area contributed by atoms with Gasteiger partial charge in [0, 0.05) is 18.3 Å². The summed E-state index contributed by atoms with van der Waals surface area (Å²) in [7, 11) is 0. The van der Waals surface area contributed by atoms with Crippen molar-refractivity contribution in [1.82, 2.24) is 9.78 Å². The van der Waals surface area contributed by atoms with Crippen molar-refractivity contribution in [3.63, 3.8) is 0 Å². The Bertz CT molecular complexity index is 551. The molecule has 0 unspecified atom stereocenters. The van der Waals surface area contributed by atoms with Crippen LogP contribution in [0.4, 0.5) is 5.69 Å². The molecule has 6 heteroatoms. The van der Waals surface area contributed by atoms with Crippen LogP contribution in [-0.4, -0.2) is 20.8 Å². The first-order chi connectivity index (χ1) is 8.65. The number of amides is 1. The maximum Gasteiger partial charge on any atom is 0.239 e. The summed E-state index contributed by atoms with van der Waals surface area (Å²) in [5.74, 6) is -0.195. The lowest BCUT2D eigenvalue weighted by Crippen LogP contribution is -2.18. The van der Waals surface area contributed by atoms with Crippen molar-refractivity contribution < 1.29 is 9.90 Å². The number of carbonyl (C=O) groups excluding carboxylic acids is 1. The summed E-state index contributed by atoms with van der Waals surface area (Å²) in [5.41, 5.74) is 6.62. The molecule has 0 saturated carbocycles. The number of rotatable bonds is 5. The van der Waals surface area contributed by atoms with E-state index in [1.807, 2.05) is 12.1 Å². The van der Waals surface area contributed by atoms with Crippen molar-refractivity contribution in [3.05, 3.63) is 42.2 Å². The van der Waals surface area contributed by atoms with E-state index in [0.29, 0.717) is 6.54 Å². The number of para-hydroxylation sites is 1. The van der Waals surface area contributed by atoms with E-state index in [4.69, 9.17) is 5.73 Å². The van der Waals surface area contributed by atoms with Crippen molar-refractivity contribution >= 4 is 11.6 Å². The zero-order valence-electron chi connectivity index (χ0n) is 9.71. The molecule has 18 heavy (non-hydrogen) atoms. The van der Waals surface area contributed by atoms with Gasteiger partial charge in [0.25, 0.3) is 0 Å². The number of benzene rings is 1. The molecule has 0 spiro atoms. The Morgan fingerprint density at radius 3 is 2.94 bits per heavy atom. The Morgan fingerprint density at radius 2 is 2.22 bits per heavy atom. The summed E-state index contributed by atoms with van der Waals surface area (Å²) in [6.07, 6.45) is 3.29. The number of phenolic OH excluding ortho intramolecular Hbond substituents is 1. The molecule has 0 bridgehead atoms. The van der Waals surface area contributed by atoms with Gasteiger partial charge in [0.05, 0.1) is 11.9 Å². The zero-order chi connectivity index (χ0) is 13.0. The fourth-order valence-corrected chi connectivity index (χ4v) is 1.56. The number of aromatic nitrogens is 2. The van der Waals surface area contributed by atoms with Crippen LogP contribution in [0.3, 0.4) is 0 Å². The van der Waals surface area contributed by atoms with Gasteiger partial charge in [0.15, 0.2) is 0 Å². The van der Waals surface area contributed by atoms with Gasteiger partial charge in [-0.2, -0.15) is 5.10 Å². The lowest BCUT2D eigenvalue weighted by molar-refractivity contribution is -0.118. The minimum atomic E-state index is -0.439. The van der Waals surface area contributed by atoms with Crippen molar-refractivity contribution in [2.45, 2.75) is 13.1 Å². The van der Waals surface area contributed by atoms with E-state index in [2.05, 4.69) is 10.4 Å². The fraction of sp³-hybridized carbons (Fsp3) is 0.167. The van der Waals surface area contributed by atoms with Gasteiger partial charge in [-0.3, -0.25) is 9.48 Å². The maximum absolute atomic E-state index is 10.7. The SMILES string of the molecule is NC(=O)Cn1cc(NCc2ccccc2O)cn1. The van der Waals surface area contributed by atoms with Crippen LogP contribution >= 0.6 is 0 Å². The van der Waals surface area contributed by atoms with Crippen molar-refractivity contribution in [1.29, 1.82) is 0 Å². The van der Waals surface area contributed by atoms with E-state index < -0.39 is 5.91 Å². The largest absolute Gasteiger partial charge is 0.508 e. The van der Waals surface area contributed by atoms with Crippen LogP contribution in [0.2, 0.25) is 0 Å². The van der Waals surface area contributed by atoms with E-state index in [0.717, 1.165) is 11.3 Å². The Labute approximate surface area is 104 Å². The molecule has 2 rings (SSSR count). The number of anilines is 1. The predicted molar refractivity (Wildman–Crippen MR) is 66.9 cm³/mol. The highest BCUT2D eigenvalue weighted by molar-refractivity contribution is 5.73. The molecule has 1 amide bonds. The molecular formula is C12H14N4O2. The molecule has 2 aromatic rings. The average Bonchev–Trinajstić information content (AvgIpc) is 2.75. The number of nitrogens with two attached hydrogens (primary N) is 1. The van der Waals surface area contributed by atoms with Crippen molar-refractivity contribution in [2.24, 2.45) is 5.73 Å². The molecule has 94 valence electrons. The standard InChI is InChI=1S/C12H14N4O2/c13-12(18)8-16-7-10(6-15-16)14-5-9-3-1-2-4-11(9)17/h1-4,6-7,14,17H,5,8H2,(H2,13,18). The quantitative estimate of drug-likeness (QED) is 0.723. The molecule has 0 aliphatic rings. The molecule has 1 heterocycles. The van der Waals surface area contributed by atoms with E-state index in [-0.39, 0.29) is 12.3 Å². The van der Waals surface area contributed by atoms with Gasteiger partial charge in [-0.15, -0.1) is 0 Å². The lowest BCUT2D eigenvalue weighted by atomic mass is 10.2. The number of nitrogens with one attached hydrogen (secondary N) is 1. The van der Waals surface area contributed by atoms with E-state index in [9.17, 15) is 9.90 Å². The van der Waals surface area contributed by atoms with Crippen LogP contribution < -0.4 is 11.1 Å². The normalized spacial score (nSPS) is 10.2. The van der Waals surface area contributed by atoms with Gasteiger partial charge in [-0.05, 0) is 6.07 Å². The first-order valence-electron chi connectivity index (χ1n) is 5.46. The second kappa shape index (κ2) is 5.22. The minimum absolute atomic E-state index is 0.0538. The highest BCUT2D eigenvalue weighted by Gasteiger charge is 2.03. The van der Waals surface area contributed by atoms with Gasteiger partial charge in [-0.1, -0.05) is 18.2 Å². The van der Waals surface area contributed by atoms with Gasteiger partial charge < -0.3 is 16.2 Å². The van der Waals surface area contributed by atoms with Gasteiger partial charge in [0.2, 0.25) is 5.91 Å². The van der Waals surface area contributed by atoms with Crippen LogP contribution in [0.25, 0.3) is 0 Å². The third-order valence-corrected chi connectivity index (χ3v) is 2.43. The Balaban J connectivity index is 1.96. The predicted octanol–water partition coefficient (Wildman–Crippen LogP) is 0.686. The molecule has 1 aromatic carbocycles. The van der Waals surface area contributed by atoms with Gasteiger partial charge in [0.1, 0.15) is 12.3 Å². The lowest BCUT2D eigenvalue weighted by Gasteiger charge is -2.05. The monoisotopic (exact) mass is 246 g/mol. The van der Waals surface area contributed by atoms with Crippen LogP contribution in [-0.2, 0) is 17.9 Å². The zero-order valence-corrected chi connectivity index (χ0v) is 9.71. The number of aromatic hydroxyl groups is 1. The number of hydrogen-bond donors (Lipinski definition) is 3. The summed E-state index contributed by atoms with van der Waals surface area (Å²) in [4.78, 5) is 10.7. The van der Waals surface area contributed by atoms with Crippen molar-refractivity contribution in [3.8, 4) is 5.75 Å². The topological polar surface area (TPSA) is 93.2 Å². The van der Waals surface area contributed by atoms with Crippen molar-refractivity contribution in [2.75, 3.05) is 5.32 Å². The number of phenols is 1. The first-order valence-corrected chi connectivity index (χ1v) is 5.46. The molecule has 0 saturated heterocycles. The number of nitrogens with zero attached hydrogens (tertiary/aromatic N) is 2. The Morgan fingerprint density at radius 1 is 1.44 bits per heavy atom. The molecule has 0 aliphatic heterocycles. The van der Waals surface area contributed by atoms with Gasteiger partial charge in [-0.25, -0.2) is 0 Å². The molecule has 0 atom stereocenters. The third-order valence-electron chi connectivity index (χ3n) is 2.43. The van der Waals surface area contributed by atoms with E-state index >= 15 is 0 Å². The average molecular weight is 246 g/mol. The highest BCUT2D eigenvalue weighted by atomic mass is 16.3. The second-order valence-corrected chi connectivity index (χ2v) is 3.88. The molecular weight excluding hydrogens is 232 g/mol. The number of primary amides is 1. The Hall–Kier alpha value is -2.50. The van der Waals surface area contributed by atoms with E-state index in [1.54, 1.807) is 24.5 Å². The summed E-state index contributed by atoms with van der Waals surface area (Å²) >= 11 is 0. The number of carbonyl (C=O) groups is 1. The second-order valence-electron chi connectivity index (χ2n) is 3.88. The summed E-state index contributed by atoms with van der Waals surface area (Å²) in [5, 5.41) is 16.7. The highest BCUT2D eigenvalue weighted by Crippen LogP contribution is 2.17. The molecule has 1 aromatic heterocycles. The third kappa shape index (κ3) is 3.00. The Kier molecular flexibility index (Phi) is 3.47. The maximum atomic E-state index is 10.7. The molecule has 0 fully saturated rings. The van der Waals surface area contributed by atoms with E-state index in [1.165, 1.54) is 4.68 Å². The summed E-state index contributed by atoms with van der Waals surface area (Å²) in [6, 6.07) is 7.08.